The van der Waals surface area contributed by atoms with Gasteiger partial charge in [-0.05, 0) is 43.0 Å². The van der Waals surface area contributed by atoms with E-state index in [4.69, 9.17) is 4.74 Å². The molecule has 0 bridgehead atoms. The lowest BCUT2D eigenvalue weighted by molar-refractivity contribution is 0.0741. The van der Waals surface area contributed by atoms with Gasteiger partial charge in [-0.25, -0.2) is 0 Å². The molecule has 19 heavy (non-hydrogen) atoms. The van der Waals surface area contributed by atoms with Gasteiger partial charge in [-0.15, -0.1) is 0 Å². The summed E-state index contributed by atoms with van der Waals surface area (Å²) in [4.78, 5) is 2.29. The summed E-state index contributed by atoms with van der Waals surface area (Å²) in [6.07, 6.45) is -0.409. The van der Waals surface area contributed by atoms with Gasteiger partial charge in [0.25, 0.3) is 0 Å². The largest absolute Gasteiger partial charge is 0.493 e. The van der Waals surface area contributed by atoms with Gasteiger partial charge in [0.15, 0.2) is 0 Å². The predicted molar refractivity (Wildman–Crippen MR) is 77.3 cm³/mol. The van der Waals surface area contributed by atoms with Crippen LogP contribution in [0.1, 0.15) is 44.9 Å². The molecule has 3 heteroatoms. The number of aliphatic hydroxyl groups is 1. The molecule has 2 rings (SSSR count). The molecule has 1 unspecified atom stereocenters. The third-order valence-corrected chi connectivity index (χ3v) is 3.57. The van der Waals surface area contributed by atoms with E-state index in [-0.39, 0.29) is 0 Å². The highest BCUT2D eigenvalue weighted by Gasteiger charge is 2.25. The fourth-order valence-corrected chi connectivity index (χ4v) is 2.38. The van der Waals surface area contributed by atoms with Crippen LogP contribution in [0.2, 0.25) is 0 Å². The minimum Gasteiger partial charge on any atom is -0.493 e. The van der Waals surface area contributed by atoms with Crippen LogP contribution in [0.25, 0.3) is 0 Å². The van der Waals surface area contributed by atoms with Crippen LogP contribution in [0.5, 0.6) is 5.75 Å². The van der Waals surface area contributed by atoms with E-state index in [0.29, 0.717) is 25.1 Å². The van der Waals surface area contributed by atoms with Crippen molar-refractivity contribution in [1.29, 1.82) is 0 Å². The van der Waals surface area contributed by atoms with Gasteiger partial charge in [-0.1, -0.05) is 19.9 Å². The first kappa shape index (κ1) is 14.4. The number of fused-ring (bicyclic) bond motifs is 1. The maximum atomic E-state index is 10.3. The summed E-state index contributed by atoms with van der Waals surface area (Å²) >= 11 is 0. The van der Waals surface area contributed by atoms with Crippen molar-refractivity contribution in [3.05, 3.63) is 29.3 Å². The average molecular weight is 263 g/mol. The van der Waals surface area contributed by atoms with Crippen LogP contribution in [0.15, 0.2) is 18.2 Å². The summed E-state index contributed by atoms with van der Waals surface area (Å²) in [5, 5.41) is 10.3. The molecular formula is C16H25NO2. The highest BCUT2D eigenvalue weighted by Crippen LogP contribution is 2.30. The van der Waals surface area contributed by atoms with Crippen LogP contribution in [0.4, 0.5) is 0 Å². The fraction of sp³-hybridized carbons (Fsp3) is 0.625. The zero-order valence-electron chi connectivity index (χ0n) is 12.4. The lowest BCUT2D eigenvalue weighted by Crippen LogP contribution is -2.38. The van der Waals surface area contributed by atoms with Crippen LogP contribution in [0, 0.1) is 5.92 Å². The van der Waals surface area contributed by atoms with Crippen LogP contribution >= 0.6 is 0 Å². The summed E-state index contributed by atoms with van der Waals surface area (Å²) in [6.45, 7) is 10.9. The highest BCUT2D eigenvalue weighted by atomic mass is 16.5. The quantitative estimate of drug-likeness (QED) is 0.906. The third kappa shape index (κ3) is 3.48. The normalized spacial score (nSPS) is 19.8. The Kier molecular flexibility index (Phi) is 4.48. The van der Waals surface area contributed by atoms with Crippen LogP contribution in [0.3, 0.4) is 0 Å². The lowest BCUT2D eigenvalue weighted by atomic mass is 9.96. The SMILES string of the molecule is CC(C)COc1ccc2c(c1)C(O)CN(C(C)C)C2. The van der Waals surface area contributed by atoms with Crippen LogP contribution in [-0.2, 0) is 6.54 Å². The van der Waals surface area contributed by atoms with Crippen LogP contribution < -0.4 is 4.74 Å². The molecule has 1 N–H and O–H groups in total. The van der Waals surface area contributed by atoms with Gasteiger partial charge in [0.2, 0.25) is 0 Å². The monoisotopic (exact) mass is 263 g/mol. The van der Waals surface area contributed by atoms with E-state index < -0.39 is 6.10 Å². The van der Waals surface area contributed by atoms with E-state index >= 15 is 0 Å². The Morgan fingerprint density at radius 2 is 2.05 bits per heavy atom. The molecule has 0 spiro atoms. The Hall–Kier alpha value is -1.06. The van der Waals surface area contributed by atoms with Crippen molar-refractivity contribution in [1.82, 2.24) is 4.90 Å². The second kappa shape index (κ2) is 5.93. The van der Waals surface area contributed by atoms with Crippen molar-refractivity contribution in [2.75, 3.05) is 13.2 Å². The standard InChI is InChI=1S/C16H25NO2/c1-11(2)10-19-14-6-5-13-8-17(12(3)4)9-16(18)15(13)7-14/h5-7,11-12,16,18H,8-10H2,1-4H3. The Morgan fingerprint density at radius 3 is 2.68 bits per heavy atom. The van der Waals surface area contributed by atoms with Gasteiger partial charge in [0.05, 0.1) is 12.7 Å². The number of β-amino-alcohol motifs (C(OH)–C–C–N with tert-alkyl or cyclic N) is 1. The number of hydrogen-bond acceptors (Lipinski definition) is 3. The number of aliphatic hydroxyl groups excluding tert-OH is 1. The van der Waals surface area contributed by atoms with Crippen molar-refractivity contribution < 1.29 is 9.84 Å². The highest BCUT2D eigenvalue weighted by molar-refractivity contribution is 5.38. The predicted octanol–water partition coefficient (Wildman–Crippen LogP) is 2.98. The lowest BCUT2D eigenvalue weighted by Gasteiger charge is -2.35. The molecule has 1 aromatic rings. The van der Waals surface area contributed by atoms with Crippen molar-refractivity contribution in [3.63, 3.8) is 0 Å². The Bertz CT molecular complexity index is 429. The first-order chi connectivity index (χ1) is 8.97. The zero-order chi connectivity index (χ0) is 14.0. The molecule has 0 saturated heterocycles. The second-order valence-corrected chi connectivity index (χ2v) is 6.10. The minimum absolute atomic E-state index is 0.409. The summed E-state index contributed by atoms with van der Waals surface area (Å²) in [7, 11) is 0. The zero-order valence-corrected chi connectivity index (χ0v) is 12.4. The maximum absolute atomic E-state index is 10.3. The minimum atomic E-state index is -0.409. The molecule has 1 heterocycles. The summed E-state index contributed by atoms with van der Waals surface area (Å²) in [5.41, 5.74) is 2.24. The first-order valence-corrected chi connectivity index (χ1v) is 7.15. The summed E-state index contributed by atoms with van der Waals surface area (Å²) in [5.74, 6) is 1.38. The van der Waals surface area contributed by atoms with Gasteiger partial charge in [-0.2, -0.15) is 0 Å². The molecule has 0 fully saturated rings. The second-order valence-electron chi connectivity index (χ2n) is 6.10. The average Bonchev–Trinajstić information content (AvgIpc) is 2.36. The van der Waals surface area contributed by atoms with Crippen molar-refractivity contribution in [2.45, 2.75) is 46.4 Å². The first-order valence-electron chi connectivity index (χ1n) is 7.15. The Morgan fingerprint density at radius 1 is 1.32 bits per heavy atom. The Labute approximate surface area is 116 Å². The number of rotatable bonds is 4. The summed E-state index contributed by atoms with van der Waals surface area (Å²) < 4.78 is 5.73. The smallest absolute Gasteiger partial charge is 0.119 e. The molecule has 0 radical (unpaired) electrons. The van der Waals surface area contributed by atoms with E-state index in [1.165, 1.54) is 5.56 Å². The molecule has 0 aliphatic carbocycles. The third-order valence-electron chi connectivity index (χ3n) is 3.57. The fourth-order valence-electron chi connectivity index (χ4n) is 2.38. The molecule has 1 atom stereocenters. The number of benzene rings is 1. The molecule has 3 nitrogen and oxygen atoms in total. The topological polar surface area (TPSA) is 32.7 Å². The molecule has 106 valence electrons. The van der Waals surface area contributed by atoms with Gasteiger partial charge >= 0.3 is 0 Å². The van der Waals surface area contributed by atoms with Crippen molar-refractivity contribution in [2.24, 2.45) is 5.92 Å². The van der Waals surface area contributed by atoms with E-state index in [0.717, 1.165) is 17.9 Å². The van der Waals surface area contributed by atoms with Crippen LogP contribution in [-0.4, -0.2) is 29.2 Å². The molecule has 1 aliphatic rings. The molecule has 1 aliphatic heterocycles. The molecular weight excluding hydrogens is 238 g/mol. The van der Waals surface area contributed by atoms with E-state index in [1.54, 1.807) is 0 Å². The van der Waals surface area contributed by atoms with Gasteiger partial charge < -0.3 is 9.84 Å². The van der Waals surface area contributed by atoms with E-state index in [9.17, 15) is 5.11 Å². The maximum Gasteiger partial charge on any atom is 0.119 e. The van der Waals surface area contributed by atoms with E-state index in [1.807, 2.05) is 12.1 Å². The molecule has 1 aromatic carbocycles. The molecule has 0 aromatic heterocycles. The van der Waals surface area contributed by atoms with Gasteiger partial charge in [0.1, 0.15) is 5.75 Å². The van der Waals surface area contributed by atoms with E-state index in [2.05, 4.69) is 38.7 Å². The summed E-state index contributed by atoms with van der Waals surface area (Å²) in [6, 6.07) is 6.56. The Balaban J connectivity index is 2.15. The molecule has 0 amide bonds. The van der Waals surface area contributed by atoms with Gasteiger partial charge in [-0.3, -0.25) is 4.90 Å². The van der Waals surface area contributed by atoms with Crippen molar-refractivity contribution >= 4 is 0 Å². The number of nitrogens with zero attached hydrogens (tertiary/aromatic N) is 1. The molecule has 0 saturated carbocycles. The number of hydrogen-bond donors (Lipinski definition) is 1. The van der Waals surface area contributed by atoms with Crippen molar-refractivity contribution in [3.8, 4) is 5.75 Å². The number of ether oxygens (including phenoxy) is 1. The van der Waals surface area contributed by atoms with Gasteiger partial charge in [0, 0.05) is 19.1 Å².